The number of hydrogen-bond donors (Lipinski definition) is 1. The van der Waals surface area contributed by atoms with Crippen LogP contribution in [0, 0.1) is 0 Å². The van der Waals surface area contributed by atoms with Crippen LogP contribution in [0.3, 0.4) is 0 Å². The van der Waals surface area contributed by atoms with Gasteiger partial charge in [-0.15, -0.1) is 0 Å². The molecule has 1 aliphatic heterocycles. The van der Waals surface area contributed by atoms with E-state index in [0.29, 0.717) is 0 Å². The third-order valence-corrected chi connectivity index (χ3v) is 4.52. The molecule has 0 unspecified atom stereocenters. The number of halogens is 4. The van der Waals surface area contributed by atoms with E-state index < -0.39 is 11.7 Å². The van der Waals surface area contributed by atoms with Gasteiger partial charge in [0, 0.05) is 11.6 Å². The quantitative estimate of drug-likeness (QED) is 0.900. The molecular weight excluding hydrogens is 329 g/mol. The van der Waals surface area contributed by atoms with Gasteiger partial charge in [-0.3, -0.25) is 9.69 Å². The molecule has 1 aromatic rings. The maximum Gasteiger partial charge on any atom is 0.416 e. The van der Waals surface area contributed by atoms with E-state index >= 15 is 0 Å². The molecule has 0 saturated carbocycles. The van der Waals surface area contributed by atoms with Gasteiger partial charge in [-0.25, -0.2) is 0 Å². The van der Waals surface area contributed by atoms with Crippen molar-refractivity contribution < 1.29 is 18.0 Å². The summed E-state index contributed by atoms with van der Waals surface area (Å²) < 4.78 is 38.2. The van der Waals surface area contributed by atoms with Crippen molar-refractivity contribution in [3.63, 3.8) is 0 Å². The molecular formula is C16H20ClF3N2O. The minimum atomic E-state index is -4.43. The van der Waals surface area contributed by atoms with Crippen molar-refractivity contribution in [3.8, 4) is 0 Å². The van der Waals surface area contributed by atoms with Gasteiger partial charge in [-0.1, -0.05) is 24.4 Å². The highest BCUT2D eigenvalue weighted by atomic mass is 35.5. The summed E-state index contributed by atoms with van der Waals surface area (Å²) in [4.78, 5) is 14.3. The number of hydrogen-bond acceptors (Lipinski definition) is 2. The molecule has 128 valence electrons. The minimum absolute atomic E-state index is 0.00801. The molecule has 7 heteroatoms. The molecule has 1 heterocycles. The number of carbonyl (C=O) groups is 1. The van der Waals surface area contributed by atoms with E-state index in [1.165, 1.54) is 6.07 Å². The number of benzene rings is 1. The van der Waals surface area contributed by atoms with Gasteiger partial charge in [0.05, 0.1) is 11.6 Å². The molecule has 1 amide bonds. The fourth-order valence-corrected chi connectivity index (χ4v) is 2.95. The van der Waals surface area contributed by atoms with E-state index in [1.54, 1.807) is 0 Å². The maximum atomic E-state index is 12.7. The van der Waals surface area contributed by atoms with Crippen molar-refractivity contribution in [1.29, 1.82) is 0 Å². The SMILES string of the molecule is CN1CCCCC[C@@H]1C(=O)NCc1cc(C(F)(F)F)ccc1Cl. The van der Waals surface area contributed by atoms with Crippen LogP contribution in [0.25, 0.3) is 0 Å². The Morgan fingerprint density at radius 3 is 2.78 bits per heavy atom. The Morgan fingerprint density at radius 2 is 2.09 bits per heavy atom. The van der Waals surface area contributed by atoms with E-state index in [4.69, 9.17) is 11.6 Å². The van der Waals surface area contributed by atoms with Crippen LogP contribution in [0.2, 0.25) is 5.02 Å². The molecule has 1 atom stereocenters. The average molecular weight is 349 g/mol. The molecule has 3 nitrogen and oxygen atoms in total. The van der Waals surface area contributed by atoms with Crippen LogP contribution in [0.1, 0.15) is 36.8 Å². The number of nitrogens with zero attached hydrogens (tertiary/aromatic N) is 1. The molecule has 23 heavy (non-hydrogen) atoms. The normalized spacial score (nSPS) is 20.1. The summed E-state index contributed by atoms with van der Waals surface area (Å²) in [5.41, 5.74) is -0.496. The van der Waals surface area contributed by atoms with Gasteiger partial charge >= 0.3 is 6.18 Å². The predicted molar refractivity (Wildman–Crippen MR) is 83.2 cm³/mol. The number of likely N-dealkylation sites (tertiary alicyclic amines) is 1. The monoisotopic (exact) mass is 348 g/mol. The largest absolute Gasteiger partial charge is 0.416 e. The predicted octanol–water partition coefficient (Wildman–Crippen LogP) is 3.85. The van der Waals surface area contributed by atoms with E-state index in [1.807, 2.05) is 11.9 Å². The Balaban J connectivity index is 2.03. The number of carbonyl (C=O) groups excluding carboxylic acids is 1. The number of amides is 1. The lowest BCUT2D eigenvalue weighted by Gasteiger charge is -2.24. The fraction of sp³-hybridized carbons (Fsp3) is 0.562. The highest BCUT2D eigenvalue weighted by molar-refractivity contribution is 6.31. The maximum absolute atomic E-state index is 12.7. The molecule has 1 N–H and O–H groups in total. The summed E-state index contributed by atoms with van der Waals surface area (Å²) in [7, 11) is 1.90. The van der Waals surface area contributed by atoms with Gasteiger partial charge in [-0.05, 0) is 50.2 Å². The highest BCUT2D eigenvalue weighted by Gasteiger charge is 2.31. The second-order valence-corrected chi connectivity index (χ2v) is 6.27. The Labute approximate surface area is 138 Å². The van der Waals surface area contributed by atoms with Crippen molar-refractivity contribution in [2.75, 3.05) is 13.6 Å². The van der Waals surface area contributed by atoms with Crippen molar-refractivity contribution >= 4 is 17.5 Å². The minimum Gasteiger partial charge on any atom is -0.351 e. The third-order valence-electron chi connectivity index (χ3n) is 4.15. The smallest absolute Gasteiger partial charge is 0.351 e. The van der Waals surface area contributed by atoms with Gasteiger partial charge < -0.3 is 5.32 Å². The van der Waals surface area contributed by atoms with Gasteiger partial charge in [0.25, 0.3) is 0 Å². The second-order valence-electron chi connectivity index (χ2n) is 5.87. The van der Waals surface area contributed by atoms with Gasteiger partial charge in [0.15, 0.2) is 0 Å². The first-order chi connectivity index (χ1) is 10.8. The van der Waals surface area contributed by atoms with Crippen LogP contribution in [0.15, 0.2) is 18.2 Å². The summed E-state index contributed by atoms with van der Waals surface area (Å²) in [6.07, 6.45) is -0.538. The molecule has 1 saturated heterocycles. The number of likely N-dealkylation sites (N-methyl/N-ethyl adjacent to an activating group) is 1. The standard InChI is InChI=1S/C16H20ClF3N2O/c1-22-8-4-2-3-5-14(22)15(23)21-10-11-9-12(16(18,19)20)6-7-13(11)17/h6-7,9,14H,2-5,8,10H2,1H3,(H,21,23)/t14-/m1/s1. The molecule has 1 aliphatic rings. The molecule has 0 bridgehead atoms. The van der Waals surface area contributed by atoms with Gasteiger partial charge in [0.1, 0.15) is 0 Å². The van der Waals surface area contributed by atoms with E-state index in [9.17, 15) is 18.0 Å². The van der Waals surface area contributed by atoms with Crippen LogP contribution in [0.5, 0.6) is 0 Å². The number of alkyl halides is 3. The van der Waals surface area contributed by atoms with Crippen molar-refractivity contribution in [3.05, 3.63) is 34.3 Å². The van der Waals surface area contributed by atoms with Crippen LogP contribution in [0.4, 0.5) is 13.2 Å². The first-order valence-electron chi connectivity index (χ1n) is 7.62. The molecule has 0 aliphatic carbocycles. The fourth-order valence-electron chi connectivity index (χ4n) is 2.77. The topological polar surface area (TPSA) is 32.3 Å². The van der Waals surface area contributed by atoms with E-state index in [2.05, 4.69) is 5.32 Å². The van der Waals surface area contributed by atoms with Crippen LogP contribution in [-0.4, -0.2) is 30.4 Å². The summed E-state index contributed by atoms with van der Waals surface area (Å²) in [5.74, 6) is -0.164. The van der Waals surface area contributed by atoms with Crippen LogP contribution < -0.4 is 5.32 Å². The van der Waals surface area contributed by atoms with Crippen molar-refractivity contribution in [2.24, 2.45) is 0 Å². The molecule has 1 fully saturated rings. The zero-order valence-electron chi connectivity index (χ0n) is 12.9. The van der Waals surface area contributed by atoms with Gasteiger partial charge in [-0.2, -0.15) is 13.2 Å². The summed E-state index contributed by atoms with van der Waals surface area (Å²) in [6, 6.07) is 2.90. The third kappa shape index (κ3) is 4.85. The Hall–Kier alpha value is -1.27. The lowest BCUT2D eigenvalue weighted by molar-refractivity contribution is -0.137. The molecule has 0 aromatic heterocycles. The van der Waals surface area contributed by atoms with E-state index in [-0.39, 0.29) is 29.1 Å². The number of rotatable bonds is 3. The molecule has 1 aromatic carbocycles. The Bertz CT molecular complexity index is 563. The van der Waals surface area contributed by atoms with Crippen molar-refractivity contribution in [1.82, 2.24) is 10.2 Å². The molecule has 0 spiro atoms. The first kappa shape index (κ1) is 18.1. The van der Waals surface area contributed by atoms with E-state index in [0.717, 1.165) is 44.4 Å². The van der Waals surface area contributed by atoms with Crippen LogP contribution >= 0.6 is 11.6 Å². The zero-order chi connectivity index (χ0) is 17.0. The summed E-state index contributed by atoms with van der Waals surface area (Å²) >= 11 is 5.94. The second kappa shape index (κ2) is 7.53. The highest BCUT2D eigenvalue weighted by Crippen LogP contribution is 2.31. The van der Waals surface area contributed by atoms with Gasteiger partial charge in [0.2, 0.25) is 5.91 Å². The average Bonchev–Trinajstić information content (AvgIpc) is 2.69. The lowest BCUT2D eigenvalue weighted by atomic mass is 10.1. The summed E-state index contributed by atoms with van der Waals surface area (Å²) in [6.45, 7) is 0.842. The van der Waals surface area contributed by atoms with Crippen molar-refractivity contribution in [2.45, 2.75) is 44.4 Å². The molecule has 0 radical (unpaired) electrons. The lowest BCUT2D eigenvalue weighted by Crippen LogP contribution is -2.44. The Morgan fingerprint density at radius 1 is 1.35 bits per heavy atom. The zero-order valence-corrected chi connectivity index (χ0v) is 13.7. The van der Waals surface area contributed by atoms with Crippen LogP contribution in [-0.2, 0) is 17.5 Å². The molecule has 2 rings (SSSR count). The first-order valence-corrected chi connectivity index (χ1v) is 8.00. The number of nitrogens with one attached hydrogen (secondary N) is 1. The summed E-state index contributed by atoms with van der Waals surface area (Å²) in [5, 5.41) is 2.93. The Kier molecular flexibility index (Phi) is 5.92.